The number of piperidine rings is 1. The molecule has 0 saturated carbocycles. The van der Waals surface area contributed by atoms with Gasteiger partial charge in [0.1, 0.15) is 5.69 Å². The van der Waals surface area contributed by atoms with Gasteiger partial charge in [-0.15, -0.1) is 0 Å². The summed E-state index contributed by atoms with van der Waals surface area (Å²) in [5, 5.41) is 2.86. The van der Waals surface area contributed by atoms with Gasteiger partial charge in [-0.2, -0.15) is 0 Å². The molecule has 2 rings (SSSR count). The summed E-state index contributed by atoms with van der Waals surface area (Å²) in [6.45, 7) is 6.71. The predicted molar refractivity (Wildman–Crippen MR) is 96.1 cm³/mol. The second-order valence-electron chi connectivity index (χ2n) is 6.39. The Morgan fingerprint density at radius 3 is 2.68 bits per heavy atom. The van der Waals surface area contributed by atoms with Crippen LogP contribution in [0.1, 0.15) is 49.5 Å². The highest BCUT2D eigenvalue weighted by molar-refractivity contribution is 5.92. The van der Waals surface area contributed by atoms with Crippen molar-refractivity contribution in [3.63, 3.8) is 0 Å². The van der Waals surface area contributed by atoms with Crippen molar-refractivity contribution < 1.29 is 9.59 Å². The number of nitrogens with zero attached hydrogens (tertiary/aromatic N) is 4. The first-order valence-electron chi connectivity index (χ1n) is 9.25. The fraction of sp³-hybridized carbons (Fsp3) is 0.667. The molecule has 0 unspecified atom stereocenters. The lowest BCUT2D eigenvalue weighted by molar-refractivity contribution is -0.121. The molecule has 1 aliphatic heterocycles. The van der Waals surface area contributed by atoms with Crippen LogP contribution >= 0.6 is 0 Å². The standard InChI is InChI=1S/C18H29N5O2/c1-2-7-21-17(24)6-12-23(14-13-22-10-4-3-5-11-22)18(25)16-15-19-8-9-20-16/h8-9,15H,2-7,10-14H2,1H3,(H,21,24). The molecule has 0 bridgehead atoms. The fourth-order valence-electron chi connectivity index (χ4n) is 2.92. The van der Waals surface area contributed by atoms with Crippen molar-refractivity contribution >= 4 is 11.8 Å². The third-order valence-corrected chi connectivity index (χ3v) is 4.39. The van der Waals surface area contributed by atoms with E-state index in [9.17, 15) is 9.59 Å². The second kappa shape index (κ2) is 10.8. The van der Waals surface area contributed by atoms with Crippen LogP contribution in [-0.2, 0) is 4.79 Å². The number of likely N-dealkylation sites (tertiary alicyclic amines) is 1. The highest BCUT2D eigenvalue weighted by atomic mass is 16.2. The number of nitrogens with one attached hydrogen (secondary N) is 1. The molecule has 1 aliphatic rings. The first kappa shape index (κ1) is 19.3. The lowest BCUT2D eigenvalue weighted by Crippen LogP contribution is -2.42. The monoisotopic (exact) mass is 347 g/mol. The van der Waals surface area contributed by atoms with Crippen molar-refractivity contribution in [1.82, 2.24) is 25.1 Å². The smallest absolute Gasteiger partial charge is 0.274 e. The SMILES string of the molecule is CCCNC(=O)CCN(CCN1CCCCC1)C(=O)c1cnccn1. The third kappa shape index (κ3) is 6.78. The Hall–Kier alpha value is -2.02. The maximum Gasteiger partial charge on any atom is 0.274 e. The lowest BCUT2D eigenvalue weighted by Gasteiger charge is -2.30. The van der Waals surface area contributed by atoms with Gasteiger partial charge in [0.05, 0.1) is 6.20 Å². The number of hydrogen-bond acceptors (Lipinski definition) is 5. The summed E-state index contributed by atoms with van der Waals surface area (Å²) in [5.41, 5.74) is 0.329. The zero-order valence-corrected chi connectivity index (χ0v) is 15.1. The van der Waals surface area contributed by atoms with Crippen LogP contribution in [0.4, 0.5) is 0 Å². The summed E-state index contributed by atoms with van der Waals surface area (Å²) in [5.74, 6) is -0.176. The van der Waals surface area contributed by atoms with Crippen molar-refractivity contribution in [2.24, 2.45) is 0 Å². The Kier molecular flexibility index (Phi) is 8.31. The molecule has 0 aliphatic carbocycles. The van der Waals surface area contributed by atoms with Crippen LogP contribution in [0.5, 0.6) is 0 Å². The first-order chi connectivity index (χ1) is 12.2. The van der Waals surface area contributed by atoms with E-state index in [1.807, 2.05) is 6.92 Å². The van der Waals surface area contributed by atoms with Crippen molar-refractivity contribution in [1.29, 1.82) is 0 Å². The predicted octanol–water partition coefficient (Wildman–Crippen LogP) is 1.32. The van der Waals surface area contributed by atoms with Gasteiger partial charge in [-0.25, -0.2) is 4.98 Å². The van der Waals surface area contributed by atoms with Crippen molar-refractivity contribution in [3.05, 3.63) is 24.3 Å². The van der Waals surface area contributed by atoms with E-state index in [-0.39, 0.29) is 11.8 Å². The molecule has 0 radical (unpaired) electrons. The van der Waals surface area contributed by atoms with Gasteiger partial charge in [0.2, 0.25) is 5.91 Å². The number of carbonyl (C=O) groups excluding carboxylic acids is 2. The van der Waals surface area contributed by atoms with E-state index in [4.69, 9.17) is 0 Å². The molecular formula is C18H29N5O2. The Morgan fingerprint density at radius 2 is 2.00 bits per heavy atom. The Balaban J connectivity index is 1.92. The van der Waals surface area contributed by atoms with Crippen LogP contribution in [0.15, 0.2) is 18.6 Å². The van der Waals surface area contributed by atoms with Gasteiger partial charge in [-0.1, -0.05) is 13.3 Å². The number of aromatic nitrogens is 2. The molecule has 1 fully saturated rings. The van der Waals surface area contributed by atoms with E-state index >= 15 is 0 Å². The molecule has 0 aromatic carbocycles. The van der Waals surface area contributed by atoms with Crippen LogP contribution < -0.4 is 5.32 Å². The summed E-state index contributed by atoms with van der Waals surface area (Å²) in [7, 11) is 0. The van der Waals surface area contributed by atoms with Crippen LogP contribution in [0.2, 0.25) is 0 Å². The molecule has 0 spiro atoms. The number of rotatable bonds is 9. The lowest BCUT2D eigenvalue weighted by atomic mass is 10.1. The number of carbonyl (C=O) groups is 2. The summed E-state index contributed by atoms with van der Waals surface area (Å²) in [4.78, 5) is 36.8. The van der Waals surface area contributed by atoms with E-state index in [1.165, 1.54) is 31.7 Å². The zero-order chi connectivity index (χ0) is 17.9. The topological polar surface area (TPSA) is 78.4 Å². The summed E-state index contributed by atoms with van der Waals surface area (Å²) in [6, 6.07) is 0. The minimum atomic E-state index is -0.159. The Labute approximate surface area is 149 Å². The molecule has 2 heterocycles. The molecule has 0 atom stereocenters. The van der Waals surface area contributed by atoms with Gasteiger partial charge in [-0.3, -0.25) is 14.6 Å². The molecule has 1 aromatic rings. The summed E-state index contributed by atoms with van der Waals surface area (Å²) >= 11 is 0. The molecule has 1 aromatic heterocycles. The maximum atomic E-state index is 12.7. The van der Waals surface area contributed by atoms with Crippen molar-refractivity contribution in [2.75, 3.05) is 39.3 Å². The molecule has 1 N–H and O–H groups in total. The molecule has 2 amide bonds. The molecule has 7 heteroatoms. The Bertz CT molecular complexity index is 532. The zero-order valence-electron chi connectivity index (χ0n) is 15.1. The van der Waals surface area contributed by atoms with E-state index in [0.717, 1.165) is 26.1 Å². The second-order valence-corrected chi connectivity index (χ2v) is 6.39. The highest BCUT2D eigenvalue weighted by Gasteiger charge is 2.20. The number of hydrogen-bond donors (Lipinski definition) is 1. The fourth-order valence-corrected chi connectivity index (χ4v) is 2.92. The van der Waals surface area contributed by atoms with E-state index in [2.05, 4.69) is 20.2 Å². The van der Waals surface area contributed by atoms with Crippen LogP contribution in [0.3, 0.4) is 0 Å². The molecule has 7 nitrogen and oxygen atoms in total. The van der Waals surface area contributed by atoms with Crippen molar-refractivity contribution in [3.8, 4) is 0 Å². The van der Waals surface area contributed by atoms with Gasteiger partial charge in [-0.05, 0) is 32.4 Å². The number of amides is 2. The molecule has 138 valence electrons. The van der Waals surface area contributed by atoms with Crippen molar-refractivity contribution in [2.45, 2.75) is 39.0 Å². The van der Waals surface area contributed by atoms with Crippen LogP contribution in [-0.4, -0.2) is 70.9 Å². The largest absolute Gasteiger partial charge is 0.356 e. The maximum absolute atomic E-state index is 12.7. The summed E-state index contributed by atoms with van der Waals surface area (Å²) < 4.78 is 0. The molecule has 1 saturated heterocycles. The third-order valence-electron chi connectivity index (χ3n) is 4.39. The normalized spacial score (nSPS) is 14.9. The van der Waals surface area contributed by atoms with Crippen LogP contribution in [0.25, 0.3) is 0 Å². The van der Waals surface area contributed by atoms with Gasteiger partial charge in [0, 0.05) is 45.0 Å². The molecular weight excluding hydrogens is 318 g/mol. The minimum Gasteiger partial charge on any atom is -0.356 e. The quantitative estimate of drug-likeness (QED) is 0.729. The van der Waals surface area contributed by atoms with Gasteiger partial charge in [0.25, 0.3) is 5.91 Å². The first-order valence-corrected chi connectivity index (χ1v) is 9.25. The van der Waals surface area contributed by atoms with E-state index < -0.39 is 0 Å². The van der Waals surface area contributed by atoms with E-state index in [0.29, 0.717) is 31.7 Å². The minimum absolute atomic E-state index is 0.0169. The van der Waals surface area contributed by atoms with Gasteiger partial charge < -0.3 is 15.1 Å². The van der Waals surface area contributed by atoms with Gasteiger partial charge in [0.15, 0.2) is 0 Å². The molecule has 25 heavy (non-hydrogen) atoms. The average molecular weight is 347 g/mol. The highest BCUT2D eigenvalue weighted by Crippen LogP contribution is 2.09. The Morgan fingerprint density at radius 1 is 1.20 bits per heavy atom. The average Bonchev–Trinajstić information content (AvgIpc) is 2.67. The van der Waals surface area contributed by atoms with Crippen LogP contribution in [0, 0.1) is 0 Å². The van der Waals surface area contributed by atoms with Gasteiger partial charge >= 0.3 is 0 Å². The summed E-state index contributed by atoms with van der Waals surface area (Å²) in [6.07, 6.45) is 9.49. The van der Waals surface area contributed by atoms with E-state index in [1.54, 1.807) is 11.1 Å².